The van der Waals surface area contributed by atoms with Crippen LogP contribution in [0.25, 0.3) is 0 Å². The van der Waals surface area contributed by atoms with Crippen molar-refractivity contribution in [3.63, 3.8) is 0 Å². The second kappa shape index (κ2) is 6.91. The van der Waals surface area contributed by atoms with E-state index in [1.807, 2.05) is 29.6 Å². The first kappa shape index (κ1) is 15.7. The number of thiazole rings is 1. The standard InChI is InChI=1S/C17H19N3O2S/c1-12(21)20-9-8-15(14-4-2-3-5-16(14)20)19-17(22)7-6-13-10-23-11-18-13/h2-5,10-11,15H,6-9H2,1H3,(H,19,22). The fourth-order valence-electron chi connectivity index (χ4n) is 2.91. The summed E-state index contributed by atoms with van der Waals surface area (Å²) in [6.07, 6.45) is 1.82. The van der Waals surface area contributed by atoms with Crippen molar-refractivity contribution in [2.24, 2.45) is 0 Å². The molecule has 2 aromatic rings. The topological polar surface area (TPSA) is 62.3 Å². The summed E-state index contributed by atoms with van der Waals surface area (Å²) in [5.41, 5.74) is 4.64. The number of aryl methyl sites for hydroxylation is 1. The van der Waals surface area contributed by atoms with Gasteiger partial charge in [-0.2, -0.15) is 0 Å². The maximum atomic E-state index is 12.2. The molecule has 0 radical (unpaired) electrons. The first-order valence-electron chi connectivity index (χ1n) is 7.68. The van der Waals surface area contributed by atoms with Crippen molar-refractivity contribution in [2.45, 2.75) is 32.2 Å². The number of aromatic nitrogens is 1. The molecule has 0 fully saturated rings. The summed E-state index contributed by atoms with van der Waals surface area (Å²) in [5, 5.41) is 5.06. The number of amides is 2. The maximum absolute atomic E-state index is 12.2. The molecule has 0 saturated heterocycles. The molecule has 0 spiro atoms. The van der Waals surface area contributed by atoms with E-state index in [4.69, 9.17) is 0 Å². The Kier molecular flexibility index (Phi) is 4.71. The predicted octanol–water partition coefficient (Wildman–Crippen LogP) is 2.69. The Morgan fingerprint density at radius 2 is 2.22 bits per heavy atom. The van der Waals surface area contributed by atoms with E-state index in [9.17, 15) is 9.59 Å². The molecule has 1 aliphatic heterocycles. The van der Waals surface area contributed by atoms with E-state index in [1.165, 1.54) is 0 Å². The third kappa shape index (κ3) is 3.59. The van der Waals surface area contributed by atoms with Gasteiger partial charge >= 0.3 is 0 Å². The number of carbonyl (C=O) groups is 2. The largest absolute Gasteiger partial charge is 0.349 e. The van der Waals surface area contributed by atoms with E-state index in [1.54, 1.807) is 28.7 Å². The average molecular weight is 329 g/mol. The molecule has 5 nitrogen and oxygen atoms in total. The van der Waals surface area contributed by atoms with Crippen LogP contribution < -0.4 is 10.2 Å². The molecule has 0 aliphatic carbocycles. The quantitative estimate of drug-likeness (QED) is 0.938. The first-order chi connectivity index (χ1) is 11.1. The van der Waals surface area contributed by atoms with Crippen LogP contribution in [0.5, 0.6) is 0 Å². The lowest BCUT2D eigenvalue weighted by molar-refractivity contribution is -0.121. The molecule has 2 amide bonds. The summed E-state index contributed by atoms with van der Waals surface area (Å²) in [5.74, 6) is 0.0554. The lowest BCUT2D eigenvalue weighted by Crippen LogP contribution is -2.40. The van der Waals surface area contributed by atoms with Gasteiger partial charge in [0.2, 0.25) is 11.8 Å². The van der Waals surface area contributed by atoms with Crippen molar-refractivity contribution in [1.29, 1.82) is 0 Å². The number of carbonyl (C=O) groups excluding carboxylic acids is 2. The molecule has 1 N–H and O–H groups in total. The van der Waals surface area contributed by atoms with Gasteiger partial charge in [-0.25, -0.2) is 4.98 Å². The first-order valence-corrected chi connectivity index (χ1v) is 8.63. The fraction of sp³-hybridized carbons (Fsp3) is 0.353. The molecule has 1 unspecified atom stereocenters. The highest BCUT2D eigenvalue weighted by atomic mass is 32.1. The highest BCUT2D eigenvalue weighted by Gasteiger charge is 2.27. The minimum absolute atomic E-state index is 0.0223. The molecule has 1 aliphatic rings. The molecule has 120 valence electrons. The van der Waals surface area contributed by atoms with Gasteiger partial charge in [-0.3, -0.25) is 9.59 Å². The lowest BCUT2D eigenvalue weighted by Gasteiger charge is -2.34. The van der Waals surface area contributed by atoms with Gasteiger partial charge in [0.05, 0.1) is 17.2 Å². The van der Waals surface area contributed by atoms with Crippen LogP contribution in [-0.4, -0.2) is 23.3 Å². The number of nitrogens with one attached hydrogen (secondary N) is 1. The monoisotopic (exact) mass is 329 g/mol. The van der Waals surface area contributed by atoms with Crippen molar-refractivity contribution in [1.82, 2.24) is 10.3 Å². The molecule has 23 heavy (non-hydrogen) atoms. The summed E-state index contributed by atoms with van der Waals surface area (Å²) in [7, 11) is 0. The van der Waals surface area contributed by atoms with Crippen LogP contribution in [0.15, 0.2) is 35.2 Å². The van der Waals surface area contributed by atoms with Gasteiger partial charge in [-0.15, -0.1) is 11.3 Å². The van der Waals surface area contributed by atoms with Crippen molar-refractivity contribution in [3.05, 3.63) is 46.4 Å². The predicted molar refractivity (Wildman–Crippen MR) is 90.4 cm³/mol. The van der Waals surface area contributed by atoms with Gasteiger partial charge in [0, 0.05) is 31.0 Å². The van der Waals surface area contributed by atoms with Gasteiger partial charge < -0.3 is 10.2 Å². The molecule has 1 aromatic heterocycles. The van der Waals surface area contributed by atoms with Crippen molar-refractivity contribution in [2.75, 3.05) is 11.4 Å². The van der Waals surface area contributed by atoms with Gasteiger partial charge in [0.1, 0.15) is 0 Å². The van der Waals surface area contributed by atoms with Crippen molar-refractivity contribution < 1.29 is 9.59 Å². The molecule has 2 heterocycles. The molecule has 6 heteroatoms. The van der Waals surface area contributed by atoms with Gasteiger partial charge in [0.15, 0.2) is 0 Å². The lowest BCUT2D eigenvalue weighted by atomic mass is 9.96. The summed E-state index contributed by atoms with van der Waals surface area (Å²) in [6, 6.07) is 7.74. The summed E-state index contributed by atoms with van der Waals surface area (Å²) in [6.45, 7) is 2.20. The molecule has 1 atom stereocenters. The number of nitrogens with zero attached hydrogens (tertiary/aromatic N) is 2. The molecular formula is C17H19N3O2S. The third-order valence-corrected chi connectivity index (χ3v) is 4.69. The van der Waals surface area contributed by atoms with E-state index >= 15 is 0 Å². The summed E-state index contributed by atoms with van der Waals surface area (Å²) >= 11 is 1.54. The van der Waals surface area contributed by atoms with Crippen LogP contribution in [0.4, 0.5) is 5.69 Å². The minimum Gasteiger partial charge on any atom is -0.349 e. The molecular weight excluding hydrogens is 310 g/mol. The minimum atomic E-state index is -0.0373. The highest BCUT2D eigenvalue weighted by Crippen LogP contribution is 2.33. The van der Waals surface area contributed by atoms with Crippen LogP contribution in [0.2, 0.25) is 0 Å². The summed E-state index contributed by atoms with van der Waals surface area (Å²) < 4.78 is 0. The zero-order chi connectivity index (χ0) is 16.2. The normalized spacial score (nSPS) is 16.7. The van der Waals surface area contributed by atoms with Crippen LogP contribution in [0, 0.1) is 0 Å². The molecule has 0 saturated carbocycles. The second-order valence-electron chi connectivity index (χ2n) is 5.62. The molecule has 0 bridgehead atoms. The number of rotatable bonds is 4. The van der Waals surface area contributed by atoms with Gasteiger partial charge in [-0.1, -0.05) is 18.2 Å². The number of fused-ring (bicyclic) bond motifs is 1. The maximum Gasteiger partial charge on any atom is 0.223 e. The van der Waals surface area contributed by atoms with Crippen LogP contribution in [0.1, 0.15) is 37.1 Å². The van der Waals surface area contributed by atoms with Crippen LogP contribution >= 0.6 is 11.3 Å². The van der Waals surface area contributed by atoms with Gasteiger partial charge in [0.25, 0.3) is 0 Å². The Morgan fingerprint density at radius 3 is 2.96 bits per heavy atom. The number of benzene rings is 1. The number of hydrogen-bond donors (Lipinski definition) is 1. The fourth-order valence-corrected chi connectivity index (χ4v) is 3.50. The second-order valence-corrected chi connectivity index (χ2v) is 6.34. The number of hydrogen-bond acceptors (Lipinski definition) is 4. The van der Waals surface area contributed by atoms with E-state index in [2.05, 4.69) is 10.3 Å². The Bertz CT molecular complexity index is 700. The SMILES string of the molecule is CC(=O)N1CCC(NC(=O)CCc2cscn2)c2ccccc21. The highest BCUT2D eigenvalue weighted by molar-refractivity contribution is 7.07. The van der Waals surface area contributed by atoms with E-state index in [-0.39, 0.29) is 17.9 Å². The van der Waals surface area contributed by atoms with E-state index in [0.29, 0.717) is 19.4 Å². The van der Waals surface area contributed by atoms with Crippen molar-refractivity contribution in [3.8, 4) is 0 Å². The Labute approximate surface area is 139 Å². The van der Waals surface area contributed by atoms with Crippen molar-refractivity contribution >= 4 is 28.8 Å². The number of anilines is 1. The average Bonchev–Trinajstić information content (AvgIpc) is 3.06. The summed E-state index contributed by atoms with van der Waals surface area (Å²) in [4.78, 5) is 29.9. The Balaban J connectivity index is 1.67. The van der Waals surface area contributed by atoms with E-state index < -0.39 is 0 Å². The molecule has 3 rings (SSSR count). The Hall–Kier alpha value is -2.21. The third-order valence-electron chi connectivity index (χ3n) is 4.05. The van der Waals surface area contributed by atoms with Gasteiger partial charge in [-0.05, 0) is 24.5 Å². The molecule has 1 aromatic carbocycles. The number of para-hydroxylation sites is 1. The van der Waals surface area contributed by atoms with E-state index in [0.717, 1.165) is 23.4 Å². The van der Waals surface area contributed by atoms with Crippen LogP contribution in [0.3, 0.4) is 0 Å². The zero-order valence-electron chi connectivity index (χ0n) is 13.0. The Morgan fingerprint density at radius 1 is 1.39 bits per heavy atom. The zero-order valence-corrected chi connectivity index (χ0v) is 13.8. The van der Waals surface area contributed by atoms with Crippen LogP contribution in [-0.2, 0) is 16.0 Å². The smallest absolute Gasteiger partial charge is 0.223 e.